The SMILES string of the molecule is Cc1c(-c2nc([C@@H]3CCOC3)no2)[nH]c2ccccc12. The molecule has 1 N–H and O–H groups in total. The summed E-state index contributed by atoms with van der Waals surface area (Å²) >= 11 is 0. The maximum absolute atomic E-state index is 5.43. The largest absolute Gasteiger partial charge is 0.381 e. The lowest BCUT2D eigenvalue weighted by Crippen LogP contribution is -1.99. The fourth-order valence-corrected chi connectivity index (χ4v) is 2.74. The summed E-state index contributed by atoms with van der Waals surface area (Å²) in [6, 6.07) is 8.18. The lowest BCUT2D eigenvalue weighted by molar-refractivity contribution is 0.192. The number of aromatic amines is 1. The van der Waals surface area contributed by atoms with Crippen LogP contribution in [0.25, 0.3) is 22.5 Å². The van der Waals surface area contributed by atoms with Gasteiger partial charge < -0.3 is 14.2 Å². The van der Waals surface area contributed by atoms with Gasteiger partial charge in [0.1, 0.15) is 5.69 Å². The van der Waals surface area contributed by atoms with Crippen molar-refractivity contribution in [1.29, 1.82) is 0 Å². The zero-order chi connectivity index (χ0) is 13.5. The third-order valence-corrected chi connectivity index (χ3v) is 3.92. The van der Waals surface area contributed by atoms with Crippen LogP contribution >= 0.6 is 0 Å². The van der Waals surface area contributed by atoms with E-state index >= 15 is 0 Å². The Labute approximate surface area is 115 Å². The minimum absolute atomic E-state index is 0.261. The Kier molecular flexibility index (Phi) is 2.60. The molecule has 0 bridgehead atoms. The zero-order valence-corrected chi connectivity index (χ0v) is 11.2. The summed E-state index contributed by atoms with van der Waals surface area (Å²) in [4.78, 5) is 7.89. The van der Waals surface area contributed by atoms with Gasteiger partial charge in [-0.25, -0.2) is 0 Å². The van der Waals surface area contributed by atoms with Crippen LogP contribution in [-0.2, 0) is 4.74 Å². The first-order valence-electron chi connectivity index (χ1n) is 6.82. The second-order valence-corrected chi connectivity index (χ2v) is 5.19. The number of nitrogens with zero attached hydrogens (tertiary/aromatic N) is 2. The molecule has 20 heavy (non-hydrogen) atoms. The highest BCUT2D eigenvalue weighted by molar-refractivity contribution is 5.88. The number of ether oxygens (including phenoxy) is 1. The van der Waals surface area contributed by atoms with Crippen molar-refractivity contribution >= 4 is 10.9 Å². The van der Waals surface area contributed by atoms with Gasteiger partial charge >= 0.3 is 0 Å². The van der Waals surface area contributed by atoms with E-state index in [1.54, 1.807) is 0 Å². The molecule has 1 aliphatic heterocycles. The number of aromatic nitrogens is 3. The van der Waals surface area contributed by atoms with Crippen molar-refractivity contribution in [2.24, 2.45) is 0 Å². The van der Waals surface area contributed by atoms with E-state index in [0.29, 0.717) is 12.5 Å². The summed E-state index contributed by atoms with van der Waals surface area (Å²) in [5.41, 5.74) is 3.13. The van der Waals surface area contributed by atoms with E-state index in [1.165, 1.54) is 5.39 Å². The molecule has 0 saturated carbocycles. The molecule has 1 aliphatic rings. The molecular weight excluding hydrogens is 254 g/mol. The minimum Gasteiger partial charge on any atom is -0.381 e. The maximum atomic E-state index is 5.43. The molecule has 4 rings (SSSR count). The Morgan fingerprint density at radius 1 is 1.30 bits per heavy atom. The summed E-state index contributed by atoms with van der Waals surface area (Å²) < 4.78 is 10.8. The van der Waals surface area contributed by atoms with Gasteiger partial charge in [0.25, 0.3) is 5.89 Å². The lowest BCUT2D eigenvalue weighted by Gasteiger charge is -1.97. The molecule has 2 aromatic heterocycles. The smallest absolute Gasteiger partial charge is 0.274 e. The molecule has 0 spiro atoms. The predicted molar refractivity (Wildman–Crippen MR) is 74.5 cm³/mol. The normalized spacial score (nSPS) is 18.9. The fraction of sp³-hybridized carbons (Fsp3) is 0.333. The molecule has 102 valence electrons. The van der Waals surface area contributed by atoms with Crippen molar-refractivity contribution in [1.82, 2.24) is 15.1 Å². The topological polar surface area (TPSA) is 63.9 Å². The highest BCUT2D eigenvalue weighted by atomic mass is 16.5. The van der Waals surface area contributed by atoms with Gasteiger partial charge in [-0.2, -0.15) is 4.98 Å². The quantitative estimate of drug-likeness (QED) is 0.776. The lowest BCUT2D eigenvalue weighted by atomic mass is 10.1. The Hall–Kier alpha value is -2.14. The highest BCUT2D eigenvalue weighted by Crippen LogP contribution is 2.30. The van der Waals surface area contributed by atoms with Crippen LogP contribution in [0, 0.1) is 6.92 Å². The Morgan fingerprint density at radius 3 is 3.00 bits per heavy atom. The van der Waals surface area contributed by atoms with Gasteiger partial charge in [0.2, 0.25) is 0 Å². The molecular formula is C15H15N3O2. The maximum Gasteiger partial charge on any atom is 0.274 e. The van der Waals surface area contributed by atoms with E-state index in [9.17, 15) is 0 Å². The van der Waals surface area contributed by atoms with Gasteiger partial charge in [0.05, 0.1) is 6.61 Å². The van der Waals surface area contributed by atoms with Crippen molar-refractivity contribution in [3.8, 4) is 11.6 Å². The first-order valence-corrected chi connectivity index (χ1v) is 6.82. The number of hydrogen-bond donors (Lipinski definition) is 1. The van der Waals surface area contributed by atoms with Gasteiger partial charge in [-0.05, 0) is 25.0 Å². The van der Waals surface area contributed by atoms with Gasteiger partial charge in [-0.1, -0.05) is 23.4 Å². The van der Waals surface area contributed by atoms with Crippen LogP contribution in [0.15, 0.2) is 28.8 Å². The second-order valence-electron chi connectivity index (χ2n) is 5.19. The minimum atomic E-state index is 0.261. The molecule has 0 unspecified atom stereocenters. The van der Waals surface area contributed by atoms with Gasteiger partial charge in [0, 0.05) is 23.4 Å². The third-order valence-electron chi connectivity index (χ3n) is 3.92. The van der Waals surface area contributed by atoms with Gasteiger partial charge in [0.15, 0.2) is 5.82 Å². The molecule has 0 radical (unpaired) electrons. The van der Waals surface area contributed by atoms with Crippen LogP contribution in [0.3, 0.4) is 0 Å². The Morgan fingerprint density at radius 2 is 2.20 bits per heavy atom. The number of H-pyrrole nitrogens is 1. The van der Waals surface area contributed by atoms with Crippen LogP contribution in [0.1, 0.15) is 23.7 Å². The number of hydrogen-bond acceptors (Lipinski definition) is 4. The van der Waals surface area contributed by atoms with Crippen LogP contribution < -0.4 is 0 Å². The number of nitrogens with one attached hydrogen (secondary N) is 1. The van der Waals surface area contributed by atoms with Crippen molar-refractivity contribution < 1.29 is 9.26 Å². The summed E-state index contributed by atoms with van der Waals surface area (Å²) in [5.74, 6) is 1.56. The van der Waals surface area contributed by atoms with Crippen LogP contribution in [-0.4, -0.2) is 28.3 Å². The van der Waals surface area contributed by atoms with Crippen LogP contribution in [0.5, 0.6) is 0 Å². The van der Waals surface area contributed by atoms with E-state index in [4.69, 9.17) is 9.26 Å². The van der Waals surface area contributed by atoms with E-state index < -0.39 is 0 Å². The summed E-state index contributed by atoms with van der Waals surface area (Å²) in [6.45, 7) is 3.53. The van der Waals surface area contributed by atoms with Crippen molar-refractivity contribution in [3.05, 3.63) is 35.7 Å². The summed E-state index contributed by atoms with van der Waals surface area (Å²) in [5, 5.41) is 5.29. The number of benzene rings is 1. The highest BCUT2D eigenvalue weighted by Gasteiger charge is 2.24. The number of para-hydroxylation sites is 1. The number of aryl methyl sites for hydroxylation is 1. The zero-order valence-electron chi connectivity index (χ0n) is 11.2. The van der Waals surface area contributed by atoms with E-state index in [2.05, 4.69) is 28.1 Å². The van der Waals surface area contributed by atoms with Crippen molar-refractivity contribution in [3.63, 3.8) is 0 Å². The second kappa shape index (κ2) is 4.45. The van der Waals surface area contributed by atoms with E-state index in [0.717, 1.165) is 35.6 Å². The van der Waals surface area contributed by atoms with Gasteiger partial charge in [-0.3, -0.25) is 0 Å². The molecule has 0 amide bonds. The molecule has 5 heteroatoms. The Balaban J connectivity index is 1.77. The van der Waals surface area contributed by atoms with Crippen molar-refractivity contribution in [2.45, 2.75) is 19.3 Å². The molecule has 3 aromatic rings. The number of fused-ring (bicyclic) bond motifs is 1. The van der Waals surface area contributed by atoms with E-state index in [1.807, 2.05) is 18.2 Å². The first-order chi connectivity index (χ1) is 9.83. The Bertz CT molecular complexity index is 753. The van der Waals surface area contributed by atoms with E-state index in [-0.39, 0.29) is 5.92 Å². The molecule has 1 atom stereocenters. The molecule has 1 aromatic carbocycles. The van der Waals surface area contributed by atoms with Crippen LogP contribution in [0.4, 0.5) is 0 Å². The molecule has 3 heterocycles. The third kappa shape index (κ3) is 1.74. The van der Waals surface area contributed by atoms with Gasteiger partial charge in [-0.15, -0.1) is 0 Å². The molecule has 1 fully saturated rings. The van der Waals surface area contributed by atoms with Crippen molar-refractivity contribution in [2.75, 3.05) is 13.2 Å². The molecule has 1 saturated heterocycles. The predicted octanol–water partition coefficient (Wildman–Crippen LogP) is 3.03. The molecule has 5 nitrogen and oxygen atoms in total. The summed E-state index contributed by atoms with van der Waals surface area (Å²) in [7, 11) is 0. The number of rotatable bonds is 2. The standard InChI is InChI=1S/C15H15N3O2/c1-9-11-4-2-3-5-12(11)16-13(9)15-17-14(18-20-15)10-6-7-19-8-10/h2-5,10,16H,6-8H2,1H3/t10-/m1/s1. The average Bonchev–Trinajstić information content (AvgIpc) is 3.17. The monoisotopic (exact) mass is 269 g/mol. The molecule has 0 aliphatic carbocycles. The average molecular weight is 269 g/mol. The first kappa shape index (κ1) is 11.7. The summed E-state index contributed by atoms with van der Waals surface area (Å²) in [6.07, 6.45) is 0.963. The van der Waals surface area contributed by atoms with Crippen LogP contribution in [0.2, 0.25) is 0 Å². The fourth-order valence-electron chi connectivity index (χ4n) is 2.74.